The Balaban J connectivity index is 1.65. The molecule has 0 unspecified atom stereocenters. The molecule has 3 aromatic rings. The second-order valence-corrected chi connectivity index (χ2v) is 7.06. The van der Waals surface area contributed by atoms with E-state index in [2.05, 4.69) is 24.1 Å². The van der Waals surface area contributed by atoms with Gasteiger partial charge in [-0.1, -0.05) is 50.2 Å². The van der Waals surface area contributed by atoms with Gasteiger partial charge in [0, 0.05) is 23.5 Å². The zero-order valence-corrected chi connectivity index (χ0v) is 15.5. The molecule has 0 aliphatic carbocycles. The molecule has 4 heteroatoms. The van der Waals surface area contributed by atoms with Crippen LogP contribution >= 0.6 is 0 Å². The van der Waals surface area contributed by atoms with Crippen molar-refractivity contribution >= 4 is 16.8 Å². The quantitative estimate of drug-likeness (QED) is 0.735. The van der Waals surface area contributed by atoms with E-state index < -0.39 is 0 Å². The third-order valence-electron chi connectivity index (χ3n) is 4.67. The number of rotatable bonds is 6. The van der Waals surface area contributed by atoms with Crippen LogP contribution < -0.4 is 10.1 Å². The van der Waals surface area contributed by atoms with E-state index in [0.717, 1.165) is 27.8 Å². The molecule has 3 rings (SSSR count). The van der Waals surface area contributed by atoms with Gasteiger partial charge in [-0.25, -0.2) is 0 Å². The van der Waals surface area contributed by atoms with Crippen LogP contribution in [0.15, 0.2) is 60.8 Å². The SMILES string of the molecule is COc1ccc(C(C)(C)CNC(=O)Cc2cccc3cccnc23)cc1. The Kier molecular flexibility index (Phi) is 5.21. The van der Waals surface area contributed by atoms with Crippen LogP contribution in [0, 0.1) is 0 Å². The lowest BCUT2D eigenvalue weighted by atomic mass is 9.84. The van der Waals surface area contributed by atoms with Crippen LogP contribution in [0.1, 0.15) is 25.0 Å². The van der Waals surface area contributed by atoms with Gasteiger partial charge in [-0.15, -0.1) is 0 Å². The second kappa shape index (κ2) is 7.56. The average molecular weight is 348 g/mol. The first kappa shape index (κ1) is 17.9. The Morgan fingerprint density at radius 1 is 1.08 bits per heavy atom. The van der Waals surface area contributed by atoms with Crippen molar-refractivity contribution in [2.24, 2.45) is 0 Å². The predicted molar refractivity (Wildman–Crippen MR) is 104 cm³/mol. The van der Waals surface area contributed by atoms with Gasteiger partial charge in [0.2, 0.25) is 5.91 Å². The minimum atomic E-state index is -0.168. The smallest absolute Gasteiger partial charge is 0.224 e. The number of nitrogens with zero attached hydrogens (tertiary/aromatic N) is 1. The van der Waals surface area contributed by atoms with Crippen molar-refractivity contribution in [2.75, 3.05) is 13.7 Å². The molecular formula is C22H24N2O2. The Bertz CT molecular complexity index is 896. The Morgan fingerprint density at radius 3 is 2.54 bits per heavy atom. The van der Waals surface area contributed by atoms with Crippen LogP contribution in [0.3, 0.4) is 0 Å². The van der Waals surface area contributed by atoms with Crippen molar-refractivity contribution in [3.63, 3.8) is 0 Å². The molecule has 1 N–H and O–H groups in total. The number of amides is 1. The topological polar surface area (TPSA) is 51.2 Å². The number of methoxy groups -OCH3 is 1. The number of nitrogens with one attached hydrogen (secondary N) is 1. The van der Waals surface area contributed by atoms with Crippen LogP contribution in [0.5, 0.6) is 5.75 Å². The molecule has 0 saturated heterocycles. The Labute approximate surface area is 154 Å². The third kappa shape index (κ3) is 4.02. The summed E-state index contributed by atoms with van der Waals surface area (Å²) in [5.41, 5.74) is 2.83. The number of ether oxygens (including phenoxy) is 1. The van der Waals surface area contributed by atoms with Crippen LogP contribution in [0.25, 0.3) is 10.9 Å². The Hall–Kier alpha value is -2.88. The maximum atomic E-state index is 12.5. The van der Waals surface area contributed by atoms with Crippen molar-refractivity contribution in [1.29, 1.82) is 0 Å². The van der Waals surface area contributed by atoms with E-state index in [1.165, 1.54) is 0 Å². The lowest BCUT2D eigenvalue weighted by Crippen LogP contribution is -2.37. The van der Waals surface area contributed by atoms with E-state index in [-0.39, 0.29) is 11.3 Å². The maximum Gasteiger partial charge on any atom is 0.224 e. The molecule has 0 aliphatic heterocycles. The van der Waals surface area contributed by atoms with Gasteiger partial charge in [-0.3, -0.25) is 9.78 Å². The molecule has 0 aliphatic rings. The maximum absolute atomic E-state index is 12.5. The van der Waals surface area contributed by atoms with Gasteiger partial charge < -0.3 is 10.1 Å². The molecule has 0 spiro atoms. The van der Waals surface area contributed by atoms with E-state index in [1.807, 2.05) is 54.6 Å². The van der Waals surface area contributed by atoms with Crippen molar-refractivity contribution in [3.8, 4) is 5.75 Å². The molecule has 0 bridgehead atoms. The summed E-state index contributed by atoms with van der Waals surface area (Å²) in [7, 11) is 1.66. The van der Waals surface area contributed by atoms with Gasteiger partial charge in [0.05, 0.1) is 19.0 Å². The van der Waals surface area contributed by atoms with Crippen molar-refractivity contribution in [1.82, 2.24) is 10.3 Å². The van der Waals surface area contributed by atoms with E-state index in [4.69, 9.17) is 4.74 Å². The summed E-state index contributed by atoms with van der Waals surface area (Å²) in [6, 6.07) is 17.8. The summed E-state index contributed by atoms with van der Waals surface area (Å²) in [6.45, 7) is 4.81. The highest BCUT2D eigenvalue weighted by molar-refractivity contribution is 5.87. The van der Waals surface area contributed by atoms with Crippen LogP contribution in [-0.4, -0.2) is 24.5 Å². The molecule has 2 aromatic carbocycles. The standard InChI is InChI=1S/C22H24N2O2/c1-22(2,18-9-11-19(26-3)12-10-18)15-24-20(25)14-17-7-4-6-16-8-5-13-23-21(16)17/h4-13H,14-15H2,1-3H3,(H,24,25). The van der Waals surface area contributed by atoms with Crippen LogP contribution in [0.2, 0.25) is 0 Å². The number of para-hydroxylation sites is 1. The van der Waals surface area contributed by atoms with Gasteiger partial charge in [-0.2, -0.15) is 0 Å². The van der Waals surface area contributed by atoms with E-state index in [1.54, 1.807) is 13.3 Å². The van der Waals surface area contributed by atoms with Gasteiger partial charge in [0.25, 0.3) is 0 Å². The lowest BCUT2D eigenvalue weighted by molar-refractivity contribution is -0.120. The first-order chi connectivity index (χ1) is 12.5. The predicted octanol–water partition coefficient (Wildman–Crippen LogP) is 3.88. The molecular weight excluding hydrogens is 324 g/mol. The highest BCUT2D eigenvalue weighted by Gasteiger charge is 2.21. The molecule has 26 heavy (non-hydrogen) atoms. The van der Waals surface area contributed by atoms with Crippen LogP contribution in [0.4, 0.5) is 0 Å². The van der Waals surface area contributed by atoms with Gasteiger partial charge >= 0.3 is 0 Å². The summed E-state index contributed by atoms with van der Waals surface area (Å²) in [4.78, 5) is 16.9. The first-order valence-corrected chi connectivity index (χ1v) is 8.73. The number of carbonyl (C=O) groups excluding carboxylic acids is 1. The minimum Gasteiger partial charge on any atom is -0.497 e. The largest absolute Gasteiger partial charge is 0.497 e. The van der Waals surface area contributed by atoms with Crippen molar-refractivity contribution < 1.29 is 9.53 Å². The summed E-state index contributed by atoms with van der Waals surface area (Å²) >= 11 is 0. The van der Waals surface area contributed by atoms with Crippen molar-refractivity contribution in [3.05, 3.63) is 71.9 Å². The van der Waals surface area contributed by atoms with E-state index in [0.29, 0.717) is 13.0 Å². The fourth-order valence-corrected chi connectivity index (χ4v) is 3.01. The number of hydrogen-bond acceptors (Lipinski definition) is 3. The van der Waals surface area contributed by atoms with Gasteiger partial charge in [0.1, 0.15) is 5.75 Å². The molecule has 0 fully saturated rings. The minimum absolute atomic E-state index is 0.00439. The number of pyridine rings is 1. The molecule has 1 aromatic heterocycles. The summed E-state index contributed by atoms with van der Waals surface area (Å²) in [5, 5.41) is 4.12. The monoisotopic (exact) mass is 348 g/mol. The Morgan fingerprint density at radius 2 is 1.81 bits per heavy atom. The molecule has 1 amide bonds. The molecule has 0 saturated carbocycles. The number of carbonyl (C=O) groups is 1. The molecule has 0 radical (unpaired) electrons. The number of fused-ring (bicyclic) bond motifs is 1. The average Bonchev–Trinajstić information content (AvgIpc) is 2.67. The third-order valence-corrected chi connectivity index (χ3v) is 4.67. The molecule has 4 nitrogen and oxygen atoms in total. The highest BCUT2D eigenvalue weighted by atomic mass is 16.5. The normalized spacial score (nSPS) is 11.3. The first-order valence-electron chi connectivity index (χ1n) is 8.73. The zero-order valence-electron chi connectivity index (χ0n) is 15.5. The van der Waals surface area contributed by atoms with Crippen LogP contribution in [-0.2, 0) is 16.6 Å². The number of hydrogen-bond donors (Lipinski definition) is 1. The summed E-state index contributed by atoms with van der Waals surface area (Å²) in [6.07, 6.45) is 2.09. The summed E-state index contributed by atoms with van der Waals surface area (Å²) in [5.74, 6) is 0.835. The van der Waals surface area contributed by atoms with Gasteiger partial charge in [0.15, 0.2) is 0 Å². The number of benzene rings is 2. The second-order valence-electron chi connectivity index (χ2n) is 7.06. The van der Waals surface area contributed by atoms with Gasteiger partial charge in [-0.05, 0) is 29.3 Å². The fourth-order valence-electron chi connectivity index (χ4n) is 3.01. The highest BCUT2D eigenvalue weighted by Crippen LogP contribution is 2.24. The molecule has 1 heterocycles. The van der Waals surface area contributed by atoms with Crippen molar-refractivity contribution in [2.45, 2.75) is 25.7 Å². The molecule has 134 valence electrons. The summed E-state index contributed by atoms with van der Waals surface area (Å²) < 4.78 is 5.21. The molecule has 0 atom stereocenters. The van der Waals surface area contributed by atoms with E-state index in [9.17, 15) is 4.79 Å². The fraction of sp³-hybridized carbons (Fsp3) is 0.273. The van der Waals surface area contributed by atoms with E-state index >= 15 is 0 Å². The number of aromatic nitrogens is 1. The zero-order chi connectivity index (χ0) is 18.6. The lowest BCUT2D eigenvalue weighted by Gasteiger charge is -2.26.